The van der Waals surface area contributed by atoms with Crippen LogP contribution in [0.5, 0.6) is 5.75 Å². The summed E-state index contributed by atoms with van der Waals surface area (Å²) in [5.41, 5.74) is 3.02. The molecule has 1 amide bonds. The highest BCUT2D eigenvalue weighted by Crippen LogP contribution is 2.35. The predicted molar refractivity (Wildman–Crippen MR) is 91.6 cm³/mol. The van der Waals surface area contributed by atoms with Crippen LogP contribution >= 0.6 is 0 Å². The minimum Gasteiger partial charge on any atom is -0.491 e. The van der Waals surface area contributed by atoms with E-state index < -0.39 is 0 Å². The number of anilines is 2. The smallest absolute Gasteiger partial charge is 0.256 e. The van der Waals surface area contributed by atoms with Crippen molar-refractivity contribution in [2.45, 2.75) is 20.0 Å². The number of carbonyl (C=O) groups is 1. The van der Waals surface area contributed by atoms with Crippen molar-refractivity contribution in [1.82, 2.24) is 9.97 Å². The number of rotatable bonds is 4. The van der Waals surface area contributed by atoms with Gasteiger partial charge in [0.15, 0.2) is 0 Å². The number of aromatic nitrogens is 2. The number of carbonyl (C=O) groups excluding carboxylic acids is 1. The van der Waals surface area contributed by atoms with Crippen LogP contribution in [-0.4, -0.2) is 36.1 Å². The molecule has 0 spiro atoms. The van der Waals surface area contributed by atoms with Crippen molar-refractivity contribution in [1.29, 1.82) is 0 Å². The third-order valence-electron chi connectivity index (χ3n) is 3.45. The molecule has 23 heavy (non-hydrogen) atoms. The van der Waals surface area contributed by atoms with Gasteiger partial charge in [-0.1, -0.05) is 0 Å². The van der Waals surface area contributed by atoms with Crippen LogP contribution in [0.4, 0.5) is 11.6 Å². The van der Waals surface area contributed by atoms with Crippen LogP contribution in [0.3, 0.4) is 0 Å². The summed E-state index contributed by atoms with van der Waals surface area (Å²) in [6.45, 7) is 3.95. The molecule has 1 aromatic carbocycles. The average Bonchev–Trinajstić information content (AvgIpc) is 3.05. The normalized spacial score (nSPS) is 15.0. The molecule has 0 bridgehead atoms. The number of nitrogens with one attached hydrogen (secondary N) is 2. The Hall–Kier alpha value is -2.76. The van der Waals surface area contributed by atoms with E-state index in [-0.39, 0.29) is 12.0 Å². The van der Waals surface area contributed by atoms with Gasteiger partial charge in [-0.15, -0.1) is 0 Å². The van der Waals surface area contributed by atoms with Gasteiger partial charge < -0.3 is 19.9 Å². The number of imidazole rings is 1. The summed E-state index contributed by atoms with van der Waals surface area (Å²) >= 11 is 0. The molecule has 1 aliphatic heterocycles. The molecule has 0 saturated heterocycles. The van der Waals surface area contributed by atoms with Gasteiger partial charge in [0.25, 0.3) is 5.91 Å². The Morgan fingerprint density at radius 2 is 2.09 bits per heavy atom. The molecule has 0 atom stereocenters. The van der Waals surface area contributed by atoms with Crippen LogP contribution in [0.25, 0.3) is 11.6 Å². The number of fused-ring (bicyclic) bond motifs is 1. The van der Waals surface area contributed by atoms with Gasteiger partial charge in [0.05, 0.1) is 23.6 Å². The molecule has 0 radical (unpaired) electrons. The van der Waals surface area contributed by atoms with E-state index in [4.69, 9.17) is 4.74 Å². The first-order valence-electron chi connectivity index (χ1n) is 7.50. The second-order valence-electron chi connectivity index (χ2n) is 5.94. The standard InChI is InChI=1S/C17H20N4O2/c1-10(2)23-12-5-6-15-13(8-12)14(16(22)20-15)7-11-9-18-17(19-11)21(3)4/h5-10H,1-4H3,(H,18,19)(H,20,22). The van der Waals surface area contributed by atoms with Crippen LogP contribution in [-0.2, 0) is 4.79 Å². The summed E-state index contributed by atoms with van der Waals surface area (Å²) < 4.78 is 5.72. The molecule has 0 unspecified atom stereocenters. The van der Waals surface area contributed by atoms with E-state index in [1.54, 1.807) is 12.3 Å². The highest BCUT2D eigenvalue weighted by Gasteiger charge is 2.25. The van der Waals surface area contributed by atoms with E-state index in [1.165, 1.54) is 0 Å². The largest absolute Gasteiger partial charge is 0.491 e. The Bertz CT molecular complexity index is 775. The minimum absolute atomic E-state index is 0.0841. The van der Waals surface area contributed by atoms with E-state index in [1.807, 2.05) is 51.0 Å². The molecule has 1 aromatic heterocycles. The molecule has 0 saturated carbocycles. The van der Waals surface area contributed by atoms with Gasteiger partial charge >= 0.3 is 0 Å². The lowest BCUT2D eigenvalue weighted by molar-refractivity contribution is -0.110. The summed E-state index contributed by atoms with van der Waals surface area (Å²) in [5, 5.41) is 2.87. The van der Waals surface area contributed by atoms with Crippen LogP contribution < -0.4 is 15.0 Å². The van der Waals surface area contributed by atoms with Gasteiger partial charge in [-0.25, -0.2) is 4.98 Å². The Balaban J connectivity index is 1.97. The van der Waals surface area contributed by atoms with Crippen LogP contribution in [0, 0.1) is 0 Å². The molecule has 2 aromatic rings. The maximum atomic E-state index is 12.2. The quantitative estimate of drug-likeness (QED) is 0.852. The molecule has 2 heterocycles. The monoisotopic (exact) mass is 312 g/mol. The summed E-state index contributed by atoms with van der Waals surface area (Å²) in [6, 6.07) is 5.62. The third kappa shape index (κ3) is 3.06. The average molecular weight is 312 g/mol. The number of amides is 1. The molecule has 3 rings (SSSR count). The zero-order chi connectivity index (χ0) is 16.6. The third-order valence-corrected chi connectivity index (χ3v) is 3.45. The molecule has 120 valence electrons. The van der Waals surface area contributed by atoms with Gasteiger partial charge in [0.2, 0.25) is 5.95 Å². The van der Waals surface area contributed by atoms with Crippen molar-refractivity contribution < 1.29 is 9.53 Å². The van der Waals surface area contributed by atoms with E-state index in [0.717, 1.165) is 28.6 Å². The van der Waals surface area contributed by atoms with E-state index in [9.17, 15) is 4.79 Å². The van der Waals surface area contributed by atoms with Crippen LogP contribution in [0.15, 0.2) is 24.4 Å². The lowest BCUT2D eigenvalue weighted by Gasteiger charge is -2.10. The van der Waals surface area contributed by atoms with Crippen molar-refractivity contribution in [2.75, 3.05) is 24.3 Å². The molecule has 0 aliphatic carbocycles. The number of ether oxygens (including phenoxy) is 1. The Morgan fingerprint density at radius 1 is 1.30 bits per heavy atom. The first-order valence-corrected chi connectivity index (χ1v) is 7.50. The van der Waals surface area contributed by atoms with Crippen molar-refractivity contribution >= 4 is 29.2 Å². The second-order valence-corrected chi connectivity index (χ2v) is 5.94. The topological polar surface area (TPSA) is 70.2 Å². The highest BCUT2D eigenvalue weighted by molar-refractivity contribution is 6.34. The van der Waals surface area contributed by atoms with E-state index >= 15 is 0 Å². The molecule has 1 aliphatic rings. The van der Waals surface area contributed by atoms with Crippen molar-refractivity contribution in [3.05, 3.63) is 35.7 Å². The van der Waals surface area contributed by atoms with Gasteiger partial charge in [-0.3, -0.25) is 4.79 Å². The SMILES string of the molecule is CC(C)Oc1ccc2c(c1)C(=Cc1cnc(N(C)C)[nH]1)C(=O)N2. The molecular formula is C17H20N4O2. The summed E-state index contributed by atoms with van der Waals surface area (Å²) in [4.78, 5) is 21.5. The summed E-state index contributed by atoms with van der Waals surface area (Å²) in [6.07, 6.45) is 3.60. The number of nitrogens with zero attached hydrogens (tertiary/aromatic N) is 2. The van der Waals surface area contributed by atoms with Gasteiger partial charge in [0, 0.05) is 25.3 Å². The fraction of sp³-hybridized carbons (Fsp3) is 0.294. The zero-order valence-corrected chi connectivity index (χ0v) is 13.7. The van der Waals surface area contributed by atoms with Crippen LogP contribution in [0.2, 0.25) is 0 Å². The van der Waals surface area contributed by atoms with E-state index in [0.29, 0.717) is 5.57 Å². The minimum atomic E-state index is -0.122. The van der Waals surface area contributed by atoms with Crippen molar-refractivity contribution in [2.24, 2.45) is 0 Å². The van der Waals surface area contributed by atoms with Crippen molar-refractivity contribution in [3.63, 3.8) is 0 Å². The Kier molecular flexibility index (Phi) is 3.82. The lowest BCUT2D eigenvalue weighted by Crippen LogP contribution is -2.10. The predicted octanol–water partition coefficient (Wildman–Crippen LogP) is 2.76. The molecular weight excluding hydrogens is 292 g/mol. The maximum Gasteiger partial charge on any atom is 0.256 e. The second kappa shape index (κ2) is 5.79. The summed E-state index contributed by atoms with van der Waals surface area (Å²) in [5.74, 6) is 1.37. The van der Waals surface area contributed by atoms with Gasteiger partial charge in [0.1, 0.15) is 5.75 Å². The van der Waals surface area contributed by atoms with Gasteiger partial charge in [-0.2, -0.15) is 0 Å². The first kappa shape index (κ1) is 15.1. The first-order chi connectivity index (χ1) is 10.9. The number of hydrogen-bond acceptors (Lipinski definition) is 4. The maximum absolute atomic E-state index is 12.2. The summed E-state index contributed by atoms with van der Waals surface area (Å²) in [7, 11) is 3.81. The zero-order valence-electron chi connectivity index (χ0n) is 13.7. The van der Waals surface area contributed by atoms with Crippen molar-refractivity contribution in [3.8, 4) is 5.75 Å². The Labute approximate surface area is 135 Å². The van der Waals surface area contributed by atoms with E-state index in [2.05, 4.69) is 15.3 Å². The Morgan fingerprint density at radius 3 is 2.74 bits per heavy atom. The number of benzene rings is 1. The fourth-order valence-corrected chi connectivity index (χ4v) is 2.44. The molecule has 2 N–H and O–H groups in total. The molecule has 6 heteroatoms. The van der Waals surface area contributed by atoms with Gasteiger partial charge in [-0.05, 0) is 38.1 Å². The molecule has 0 fully saturated rings. The number of aromatic amines is 1. The molecule has 6 nitrogen and oxygen atoms in total. The van der Waals surface area contributed by atoms with Crippen LogP contribution in [0.1, 0.15) is 25.1 Å². The highest BCUT2D eigenvalue weighted by atomic mass is 16.5. The lowest BCUT2D eigenvalue weighted by atomic mass is 10.1. The fourth-order valence-electron chi connectivity index (χ4n) is 2.44. The number of H-pyrrole nitrogens is 1. The number of hydrogen-bond donors (Lipinski definition) is 2.